The third kappa shape index (κ3) is 8.61. The van der Waals surface area contributed by atoms with Crippen LogP contribution in [0.5, 0.6) is 0 Å². The molecular formula is C25H38Cl2N4O2S. The number of benzene rings is 2. The van der Waals surface area contributed by atoms with Gasteiger partial charge in [0.1, 0.15) is 0 Å². The number of hydrogen-bond acceptors (Lipinski definition) is 5. The summed E-state index contributed by atoms with van der Waals surface area (Å²) in [7, 11) is 0. The highest BCUT2D eigenvalue weighted by Crippen LogP contribution is 2.23. The van der Waals surface area contributed by atoms with E-state index in [-0.39, 0.29) is 42.7 Å². The van der Waals surface area contributed by atoms with Gasteiger partial charge in [0.2, 0.25) is 5.91 Å². The van der Waals surface area contributed by atoms with Crippen molar-refractivity contribution < 1.29 is 9.59 Å². The summed E-state index contributed by atoms with van der Waals surface area (Å²) >= 11 is 1.65. The van der Waals surface area contributed by atoms with Gasteiger partial charge in [-0.2, -0.15) is 0 Å². The molecule has 3 rings (SSSR count). The van der Waals surface area contributed by atoms with Gasteiger partial charge in [-0.3, -0.25) is 14.5 Å². The van der Waals surface area contributed by atoms with Crippen LogP contribution in [0.3, 0.4) is 0 Å². The van der Waals surface area contributed by atoms with Gasteiger partial charge in [0, 0.05) is 56.5 Å². The zero-order chi connectivity index (χ0) is 22.9. The van der Waals surface area contributed by atoms with Crippen molar-refractivity contribution in [2.75, 3.05) is 37.8 Å². The number of amides is 2. The molecule has 34 heavy (non-hydrogen) atoms. The minimum Gasteiger partial charge on any atom is -0.347 e. The number of rotatable bonds is 10. The first-order valence-corrected chi connectivity index (χ1v) is 12.7. The number of halogens is 2. The molecule has 0 aliphatic carbocycles. The molecule has 2 unspecified atom stereocenters. The Morgan fingerprint density at radius 3 is 2.62 bits per heavy atom. The Hall–Kier alpha value is -1.51. The number of unbranched alkanes of at least 4 members (excludes halogenated alkanes) is 1. The molecule has 3 N–H and O–H groups in total. The smallest absolute Gasteiger partial charge is 0.254 e. The van der Waals surface area contributed by atoms with Crippen molar-refractivity contribution in [3.05, 3.63) is 48.0 Å². The summed E-state index contributed by atoms with van der Waals surface area (Å²) in [4.78, 5) is 28.9. The van der Waals surface area contributed by atoms with Crippen molar-refractivity contribution >= 4 is 59.2 Å². The number of nitrogens with zero attached hydrogens (tertiary/aromatic N) is 2. The molecule has 2 aromatic carbocycles. The number of nitrogens with two attached hydrogens (primary N) is 1. The lowest BCUT2D eigenvalue weighted by molar-refractivity contribution is -0.118. The fraction of sp³-hybridized carbons (Fsp3) is 0.520. The molecule has 2 aromatic rings. The van der Waals surface area contributed by atoms with Crippen LogP contribution in [-0.2, 0) is 4.79 Å². The second-order valence-electron chi connectivity index (χ2n) is 8.58. The first kappa shape index (κ1) is 30.5. The largest absolute Gasteiger partial charge is 0.347 e. The van der Waals surface area contributed by atoms with Crippen LogP contribution in [-0.4, -0.2) is 71.5 Å². The first-order valence-electron chi connectivity index (χ1n) is 11.6. The lowest BCUT2D eigenvalue weighted by Gasteiger charge is -2.42. The Morgan fingerprint density at radius 1 is 1.15 bits per heavy atom. The predicted octanol–water partition coefficient (Wildman–Crippen LogP) is 4.15. The molecule has 2 atom stereocenters. The lowest BCUT2D eigenvalue weighted by Crippen LogP contribution is -2.57. The molecule has 2 amide bonds. The van der Waals surface area contributed by atoms with E-state index in [4.69, 9.17) is 5.73 Å². The van der Waals surface area contributed by atoms with Crippen molar-refractivity contribution in [1.29, 1.82) is 0 Å². The molecule has 9 heteroatoms. The maximum atomic E-state index is 13.4. The maximum Gasteiger partial charge on any atom is 0.254 e. The monoisotopic (exact) mass is 528 g/mol. The van der Waals surface area contributed by atoms with Gasteiger partial charge in [0.25, 0.3) is 5.91 Å². The fourth-order valence-electron chi connectivity index (χ4n) is 4.33. The van der Waals surface area contributed by atoms with Crippen molar-refractivity contribution in [2.24, 2.45) is 5.73 Å². The van der Waals surface area contributed by atoms with Crippen LogP contribution in [0.4, 0.5) is 0 Å². The molecule has 0 aromatic heterocycles. The van der Waals surface area contributed by atoms with E-state index in [9.17, 15) is 9.59 Å². The molecular weight excluding hydrogens is 491 g/mol. The van der Waals surface area contributed by atoms with E-state index in [1.165, 1.54) is 6.92 Å². The third-order valence-corrected chi connectivity index (χ3v) is 7.04. The predicted molar refractivity (Wildman–Crippen MR) is 148 cm³/mol. The molecule has 1 aliphatic heterocycles. The minimum atomic E-state index is -0.0160. The van der Waals surface area contributed by atoms with Gasteiger partial charge in [0.15, 0.2) is 0 Å². The average Bonchev–Trinajstić information content (AvgIpc) is 2.80. The number of carbonyl (C=O) groups excluding carboxylic acids is 2. The van der Waals surface area contributed by atoms with Crippen LogP contribution in [0.2, 0.25) is 0 Å². The highest BCUT2D eigenvalue weighted by Gasteiger charge is 2.30. The summed E-state index contributed by atoms with van der Waals surface area (Å²) in [5.74, 6) is 1.50. The Kier molecular flexibility index (Phi) is 13.9. The molecule has 0 saturated carbocycles. The van der Waals surface area contributed by atoms with E-state index in [0.29, 0.717) is 11.9 Å². The topological polar surface area (TPSA) is 78.7 Å². The molecule has 1 heterocycles. The van der Waals surface area contributed by atoms with Gasteiger partial charge < -0.3 is 16.0 Å². The molecule has 1 saturated heterocycles. The summed E-state index contributed by atoms with van der Waals surface area (Å²) in [6, 6.07) is 14.4. The zero-order valence-electron chi connectivity index (χ0n) is 20.1. The average molecular weight is 530 g/mol. The molecule has 190 valence electrons. The van der Waals surface area contributed by atoms with E-state index < -0.39 is 0 Å². The minimum absolute atomic E-state index is 0. The zero-order valence-corrected chi connectivity index (χ0v) is 22.5. The highest BCUT2D eigenvalue weighted by atomic mass is 35.5. The molecule has 6 nitrogen and oxygen atoms in total. The summed E-state index contributed by atoms with van der Waals surface area (Å²) in [6.07, 6.45) is 3.35. The van der Waals surface area contributed by atoms with E-state index in [2.05, 4.69) is 29.3 Å². The van der Waals surface area contributed by atoms with Crippen LogP contribution in [0, 0.1) is 0 Å². The Bertz CT molecular complexity index is 912. The summed E-state index contributed by atoms with van der Waals surface area (Å²) in [5, 5.41) is 4.92. The number of thioether (sulfide) groups is 1. The van der Waals surface area contributed by atoms with Crippen LogP contribution in [0.15, 0.2) is 42.5 Å². The molecule has 0 spiro atoms. The normalized spacial score (nSPS) is 16.9. The number of hydrogen-bond donors (Lipinski definition) is 2. The molecule has 0 bridgehead atoms. The van der Waals surface area contributed by atoms with E-state index in [1.807, 2.05) is 35.2 Å². The number of piperazine rings is 1. The number of fused-ring (bicyclic) bond motifs is 1. The Labute approximate surface area is 220 Å². The summed E-state index contributed by atoms with van der Waals surface area (Å²) < 4.78 is 0. The Balaban J connectivity index is 0.00000289. The number of nitrogens with one attached hydrogen (secondary N) is 1. The SMILES string of the molecule is CCCCC1CN(C(=O)c2cccc3ccccc23)CCN1CC(N)CSCNC(C)=O.Cl.Cl. The lowest BCUT2D eigenvalue weighted by atomic mass is 10.0. The van der Waals surface area contributed by atoms with E-state index >= 15 is 0 Å². The fourth-order valence-corrected chi connectivity index (χ4v) is 5.16. The molecule has 1 aliphatic rings. The Morgan fingerprint density at radius 2 is 1.88 bits per heavy atom. The quantitative estimate of drug-likeness (QED) is 0.357. The molecule has 0 radical (unpaired) electrons. The van der Waals surface area contributed by atoms with E-state index in [1.54, 1.807) is 11.8 Å². The van der Waals surface area contributed by atoms with Crippen molar-refractivity contribution in [2.45, 2.75) is 45.2 Å². The first-order chi connectivity index (χ1) is 15.5. The second kappa shape index (κ2) is 15.5. The number of carbonyl (C=O) groups is 2. The highest BCUT2D eigenvalue weighted by molar-refractivity contribution is 7.99. The van der Waals surface area contributed by atoms with Crippen molar-refractivity contribution in [3.8, 4) is 0 Å². The molecule has 1 fully saturated rings. The van der Waals surface area contributed by atoms with Gasteiger partial charge in [0.05, 0.1) is 5.88 Å². The summed E-state index contributed by atoms with van der Waals surface area (Å²) in [6.45, 7) is 6.85. The van der Waals surface area contributed by atoms with Gasteiger partial charge in [-0.05, 0) is 23.3 Å². The van der Waals surface area contributed by atoms with Gasteiger partial charge >= 0.3 is 0 Å². The van der Waals surface area contributed by atoms with Crippen LogP contribution < -0.4 is 11.1 Å². The van der Waals surface area contributed by atoms with Crippen molar-refractivity contribution in [1.82, 2.24) is 15.1 Å². The van der Waals surface area contributed by atoms with E-state index in [0.717, 1.165) is 67.5 Å². The van der Waals surface area contributed by atoms with Crippen molar-refractivity contribution in [3.63, 3.8) is 0 Å². The van der Waals surface area contributed by atoms with Crippen LogP contribution >= 0.6 is 36.6 Å². The van der Waals surface area contributed by atoms with Gasteiger partial charge in [-0.1, -0.05) is 56.2 Å². The van der Waals surface area contributed by atoms with Gasteiger partial charge in [-0.25, -0.2) is 0 Å². The standard InChI is InChI=1S/C25H36N4O2S.2ClH/c1-3-4-10-22-16-29(14-13-28(22)15-21(26)17-32-18-27-19(2)30)25(31)24-12-7-9-20-8-5-6-11-23(20)24;;/h5-9,11-12,21-22H,3-4,10,13-18,26H2,1-2H3,(H,27,30);2*1H. The van der Waals surface area contributed by atoms with Crippen LogP contribution in [0.25, 0.3) is 10.8 Å². The van der Waals surface area contributed by atoms with Gasteiger partial charge in [-0.15, -0.1) is 36.6 Å². The maximum absolute atomic E-state index is 13.4. The second-order valence-corrected chi connectivity index (χ2v) is 9.61. The van der Waals surface area contributed by atoms with Crippen LogP contribution in [0.1, 0.15) is 43.5 Å². The summed E-state index contributed by atoms with van der Waals surface area (Å²) in [5.41, 5.74) is 7.19. The third-order valence-electron chi connectivity index (χ3n) is 6.03.